The van der Waals surface area contributed by atoms with E-state index in [1.54, 1.807) is 7.05 Å². The summed E-state index contributed by atoms with van der Waals surface area (Å²) in [7, 11) is -3.07. The van der Waals surface area contributed by atoms with Crippen LogP contribution in [0.25, 0.3) is 0 Å². The highest BCUT2D eigenvalue weighted by molar-refractivity contribution is 7.81. The molecule has 0 aliphatic carbocycles. The number of hydrogen-bond donors (Lipinski definition) is 4. The molecule has 0 amide bonds. The standard InChI is InChI=1S/C9H13NO6S/c1-10-5-8(12)6-2-3-7(11)9(4-6)16-17(13,14)15/h2-4,8,10-12H,5H2,1H3,(H,13,14,15)/t8-/m0/s1. The topological polar surface area (TPSA) is 116 Å². The summed E-state index contributed by atoms with van der Waals surface area (Å²) in [5.41, 5.74) is 0.343. The second kappa shape index (κ2) is 5.32. The van der Waals surface area contributed by atoms with Crippen molar-refractivity contribution in [2.75, 3.05) is 13.6 Å². The average molecular weight is 263 g/mol. The number of aliphatic hydroxyl groups is 1. The Kier molecular flexibility index (Phi) is 4.29. The molecule has 1 rings (SSSR count). The fourth-order valence-corrected chi connectivity index (χ4v) is 1.59. The number of rotatable bonds is 5. The van der Waals surface area contributed by atoms with Gasteiger partial charge in [0.05, 0.1) is 6.10 Å². The summed E-state index contributed by atoms with van der Waals surface area (Å²) in [6.07, 6.45) is -0.885. The highest BCUT2D eigenvalue weighted by Crippen LogP contribution is 2.30. The van der Waals surface area contributed by atoms with Crippen molar-refractivity contribution in [3.63, 3.8) is 0 Å². The van der Waals surface area contributed by atoms with E-state index in [-0.39, 0.29) is 6.54 Å². The summed E-state index contributed by atoms with van der Waals surface area (Å²) in [4.78, 5) is 0. The minimum absolute atomic E-state index is 0.246. The molecule has 0 bridgehead atoms. The van der Waals surface area contributed by atoms with Crippen LogP contribution < -0.4 is 9.50 Å². The lowest BCUT2D eigenvalue weighted by atomic mass is 10.1. The van der Waals surface area contributed by atoms with Gasteiger partial charge in [0.15, 0.2) is 11.5 Å². The molecule has 17 heavy (non-hydrogen) atoms. The molecule has 1 atom stereocenters. The van der Waals surface area contributed by atoms with Crippen LogP contribution in [-0.4, -0.2) is 36.8 Å². The molecule has 1 aromatic carbocycles. The highest BCUT2D eigenvalue weighted by Gasteiger charge is 2.15. The largest absolute Gasteiger partial charge is 0.504 e. The van der Waals surface area contributed by atoms with Gasteiger partial charge in [0.2, 0.25) is 0 Å². The molecule has 0 heterocycles. The third kappa shape index (κ3) is 4.19. The van der Waals surface area contributed by atoms with Gasteiger partial charge in [-0.05, 0) is 24.7 Å². The zero-order chi connectivity index (χ0) is 13.1. The number of aromatic hydroxyl groups is 1. The Balaban J connectivity index is 3.02. The van der Waals surface area contributed by atoms with E-state index in [1.165, 1.54) is 6.07 Å². The number of aliphatic hydroxyl groups excluding tert-OH is 1. The van der Waals surface area contributed by atoms with Crippen LogP contribution in [0.3, 0.4) is 0 Å². The molecule has 0 saturated carbocycles. The number of likely N-dealkylation sites (N-methyl/N-ethyl adjacent to an activating group) is 1. The average Bonchev–Trinajstić information content (AvgIpc) is 2.19. The first-order valence-electron chi connectivity index (χ1n) is 4.66. The molecule has 8 heteroatoms. The predicted molar refractivity (Wildman–Crippen MR) is 59.2 cm³/mol. The van der Waals surface area contributed by atoms with Gasteiger partial charge in [-0.1, -0.05) is 6.07 Å². The Morgan fingerprint density at radius 2 is 2.12 bits per heavy atom. The van der Waals surface area contributed by atoms with E-state index in [0.717, 1.165) is 12.1 Å². The fourth-order valence-electron chi connectivity index (χ4n) is 1.23. The van der Waals surface area contributed by atoms with E-state index in [1.807, 2.05) is 0 Å². The first-order valence-corrected chi connectivity index (χ1v) is 6.02. The second-order valence-corrected chi connectivity index (χ2v) is 4.33. The third-order valence-corrected chi connectivity index (χ3v) is 2.35. The first kappa shape index (κ1) is 13.7. The normalized spacial score (nSPS) is 13.4. The van der Waals surface area contributed by atoms with Crippen molar-refractivity contribution in [2.45, 2.75) is 6.10 Å². The van der Waals surface area contributed by atoms with Gasteiger partial charge in [-0.15, -0.1) is 0 Å². The molecule has 0 aliphatic heterocycles. The Morgan fingerprint density at radius 1 is 1.47 bits per heavy atom. The molecule has 7 nitrogen and oxygen atoms in total. The SMILES string of the molecule is CNC[C@H](O)c1ccc(O)c(OS(=O)(=O)O)c1. The van der Waals surface area contributed by atoms with Crippen LogP contribution in [0.1, 0.15) is 11.7 Å². The zero-order valence-corrected chi connectivity index (χ0v) is 9.81. The zero-order valence-electron chi connectivity index (χ0n) is 8.99. The summed E-state index contributed by atoms with van der Waals surface area (Å²) in [6, 6.07) is 3.70. The molecule has 96 valence electrons. The molecule has 0 fully saturated rings. The second-order valence-electron chi connectivity index (χ2n) is 3.31. The lowest BCUT2D eigenvalue weighted by Gasteiger charge is -2.12. The fraction of sp³-hybridized carbons (Fsp3) is 0.333. The summed E-state index contributed by atoms with van der Waals surface area (Å²) in [5, 5.41) is 21.7. The number of nitrogens with one attached hydrogen (secondary N) is 1. The molecule has 0 radical (unpaired) electrons. The lowest BCUT2D eigenvalue weighted by Crippen LogP contribution is -2.16. The van der Waals surface area contributed by atoms with Gasteiger partial charge in [0.1, 0.15) is 0 Å². The molecule has 0 aromatic heterocycles. The first-order chi connectivity index (χ1) is 7.83. The molecule has 0 aliphatic rings. The summed E-state index contributed by atoms with van der Waals surface area (Å²) in [5.74, 6) is -0.900. The van der Waals surface area contributed by atoms with Gasteiger partial charge in [-0.2, -0.15) is 8.42 Å². The summed E-state index contributed by atoms with van der Waals surface area (Å²) in [6.45, 7) is 0.246. The van der Waals surface area contributed by atoms with Crippen LogP contribution in [0, 0.1) is 0 Å². The number of phenols is 1. The van der Waals surface area contributed by atoms with Crippen LogP contribution in [0.2, 0.25) is 0 Å². The molecular weight excluding hydrogens is 250 g/mol. The van der Waals surface area contributed by atoms with Crippen molar-refractivity contribution in [3.8, 4) is 11.5 Å². The monoisotopic (exact) mass is 263 g/mol. The minimum Gasteiger partial charge on any atom is -0.504 e. The maximum atomic E-state index is 10.5. The molecule has 1 aromatic rings. The van der Waals surface area contributed by atoms with E-state index in [4.69, 9.17) is 4.55 Å². The van der Waals surface area contributed by atoms with Crippen molar-refractivity contribution < 1.29 is 27.4 Å². The van der Waals surface area contributed by atoms with Gasteiger partial charge in [-0.25, -0.2) is 0 Å². The van der Waals surface area contributed by atoms with Gasteiger partial charge in [0, 0.05) is 6.54 Å². The number of benzene rings is 1. The van der Waals surface area contributed by atoms with Gasteiger partial charge in [0.25, 0.3) is 0 Å². The number of phenolic OH excluding ortho intramolecular Hbond substituents is 1. The molecule has 4 N–H and O–H groups in total. The van der Waals surface area contributed by atoms with Crippen LogP contribution >= 0.6 is 0 Å². The van der Waals surface area contributed by atoms with Crippen LogP contribution in [0.4, 0.5) is 0 Å². The Labute approximate surface area is 98.6 Å². The van der Waals surface area contributed by atoms with Crippen molar-refractivity contribution in [3.05, 3.63) is 23.8 Å². The van der Waals surface area contributed by atoms with Crippen LogP contribution in [0.5, 0.6) is 11.5 Å². The quantitative estimate of drug-likeness (QED) is 0.545. The third-order valence-electron chi connectivity index (χ3n) is 1.96. The van der Waals surface area contributed by atoms with E-state index in [0.29, 0.717) is 5.56 Å². The molecule has 0 spiro atoms. The van der Waals surface area contributed by atoms with E-state index in [2.05, 4.69) is 9.50 Å². The smallest absolute Gasteiger partial charge is 0.446 e. The maximum Gasteiger partial charge on any atom is 0.446 e. The van der Waals surface area contributed by atoms with Crippen LogP contribution in [0.15, 0.2) is 18.2 Å². The Bertz CT molecular complexity index is 486. The van der Waals surface area contributed by atoms with Gasteiger partial charge < -0.3 is 19.7 Å². The van der Waals surface area contributed by atoms with Crippen molar-refractivity contribution >= 4 is 10.4 Å². The molecular formula is C9H13NO6S. The summed E-state index contributed by atoms with van der Waals surface area (Å²) < 4.78 is 33.7. The lowest BCUT2D eigenvalue weighted by molar-refractivity contribution is 0.177. The summed E-state index contributed by atoms with van der Waals surface area (Å²) >= 11 is 0. The molecule has 0 saturated heterocycles. The van der Waals surface area contributed by atoms with E-state index < -0.39 is 28.0 Å². The number of hydrogen-bond acceptors (Lipinski definition) is 6. The van der Waals surface area contributed by atoms with Crippen LogP contribution in [-0.2, 0) is 10.4 Å². The Hall–Kier alpha value is -1.35. The maximum absolute atomic E-state index is 10.5. The predicted octanol–water partition coefficient (Wildman–Crippen LogP) is -0.173. The van der Waals surface area contributed by atoms with Crippen molar-refractivity contribution in [1.29, 1.82) is 0 Å². The van der Waals surface area contributed by atoms with E-state index in [9.17, 15) is 18.6 Å². The van der Waals surface area contributed by atoms with Gasteiger partial charge >= 0.3 is 10.4 Å². The highest BCUT2D eigenvalue weighted by atomic mass is 32.3. The minimum atomic E-state index is -4.71. The van der Waals surface area contributed by atoms with Crippen molar-refractivity contribution in [2.24, 2.45) is 0 Å². The van der Waals surface area contributed by atoms with Crippen molar-refractivity contribution in [1.82, 2.24) is 5.32 Å². The Morgan fingerprint density at radius 3 is 2.65 bits per heavy atom. The van der Waals surface area contributed by atoms with E-state index >= 15 is 0 Å². The van der Waals surface area contributed by atoms with Gasteiger partial charge in [-0.3, -0.25) is 4.55 Å². The molecule has 0 unspecified atom stereocenters.